The molecule has 6 nitrogen and oxygen atoms in total. The van der Waals surface area contributed by atoms with Gasteiger partial charge in [-0.1, -0.05) is 0 Å². The summed E-state index contributed by atoms with van der Waals surface area (Å²) in [4.78, 5) is -0.387. The van der Waals surface area contributed by atoms with Crippen molar-refractivity contribution in [2.24, 2.45) is 0 Å². The summed E-state index contributed by atoms with van der Waals surface area (Å²) in [7, 11) is 0.627. The highest BCUT2D eigenvalue weighted by Crippen LogP contribution is 2.33. The Hall–Kier alpha value is -1.09. The number of nitrogens with one attached hydrogen (secondary N) is 1. The van der Waals surface area contributed by atoms with Gasteiger partial charge in [-0.2, -0.15) is 4.31 Å². The van der Waals surface area contributed by atoms with Crippen LogP contribution in [0.4, 0.5) is 4.39 Å². The van der Waals surface area contributed by atoms with Crippen molar-refractivity contribution in [3.63, 3.8) is 0 Å². The van der Waals surface area contributed by atoms with E-state index < -0.39 is 15.8 Å². The third-order valence-electron chi connectivity index (χ3n) is 3.85. The van der Waals surface area contributed by atoms with E-state index in [4.69, 9.17) is 9.47 Å². The molecule has 1 aliphatic heterocycles. The minimum Gasteiger partial charge on any atom is -0.493 e. The molecule has 1 heterocycles. The molecule has 0 aromatic heterocycles. The highest BCUT2D eigenvalue weighted by molar-refractivity contribution is 7.89. The summed E-state index contributed by atoms with van der Waals surface area (Å²) in [6, 6.07) is 2.28. The monoisotopic (exact) mass is 368 g/mol. The molecule has 2 rings (SSSR count). The van der Waals surface area contributed by atoms with Crippen LogP contribution < -0.4 is 14.8 Å². The first-order chi connectivity index (χ1) is 10.4. The number of hydrogen-bond donors (Lipinski definition) is 1. The summed E-state index contributed by atoms with van der Waals surface area (Å²) in [5, 5.41) is 3.07. The summed E-state index contributed by atoms with van der Waals surface area (Å²) in [5.74, 6) is -0.500. The van der Waals surface area contributed by atoms with Crippen LogP contribution in [0, 0.1) is 5.82 Å². The molecule has 1 fully saturated rings. The maximum atomic E-state index is 14.2. The van der Waals surface area contributed by atoms with Gasteiger partial charge in [-0.3, -0.25) is 0 Å². The first kappa shape index (κ1) is 20.0. The molecule has 0 radical (unpaired) electrons. The lowest BCUT2D eigenvalue weighted by Gasteiger charge is -2.31. The number of likely N-dealkylation sites (N-methyl/N-ethyl adjacent to an activating group) is 1. The second-order valence-corrected chi connectivity index (χ2v) is 7.03. The zero-order chi connectivity index (χ0) is 16.3. The summed E-state index contributed by atoms with van der Waals surface area (Å²) >= 11 is 0. The molecule has 0 saturated carbocycles. The third kappa shape index (κ3) is 4.06. The Bertz CT molecular complexity index is 642. The van der Waals surface area contributed by atoms with Crippen LogP contribution in [0.3, 0.4) is 0 Å². The summed E-state index contributed by atoms with van der Waals surface area (Å²) in [6.45, 7) is 0.709. The van der Waals surface area contributed by atoms with Crippen molar-refractivity contribution < 1.29 is 22.3 Å². The average molecular weight is 369 g/mol. The minimum atomic E-state index is -3.91. The molecule has 1 N–H and O–H groups in total. The van der Waals surface area contributed by atoms with Gasteiger partial charge in [0.1, 0.15) is 10.7 Å². The molecule has 0 bridgehead atoms. The highest BCUT2D eigenvalue weighted by Gasteiger charge is 2.32. The largest absolute Gasteiger partial charge is 0.493 e. The van der Waals surface area contributed by atoms with Crippen molar-refractivity contribution >= 4 is 22.4 Å². The normalized spacial score (nSPS) is 19.0. The lowest BCUT2D eigenvalue weighted by molar-refractivity contribution is 0.291. The van der Waals surface area contributed by atoms with Crippen LogP contribution >= 0.6 is 12.4 Å². The van der Waals surface area contributed by atoms with Crippen LogP contribution in [0.25, 0.3) is 0 Å². The molecule has 23 heavy (non-hydrogen) atoms. The molecule has 1 aliphatic rings. The van der Waals surface area contributed by atoms with Gasteiger partial charge >= 0.3 is 0 Å². The Morgan fingerprint density at radius 2 is 1.87 bits per heavy atom. The molecular formula is C14H22ClFN2O4S. The lowest BCUT2D eigenvalue weighted by atomic mass is 10.1. The van der Waals surface area contributed by atoms with Gasteiger partial charge in [0.25, 0.3) is 0 Å². The zero-order valence-electron chi connectivity index (χ0n) is 13.3. The number of hydrogen-bond acceptors (Lipinski definition) is 5. The summed E-state index contributed by atoms with van der Waals surface area (Å²) in [6.07, 6.45) is 1.64. The molecule has 0 amide bonds. The Balaban J connectivity index is 0.00000264. The van der Waals surface area contributed by atoms with E-state index >= 15 is 0 Å². The Labute approximate surface area is 142 Å². The van der Waals surface area contributed by atoms with E-state index in [9.17, 15) is 12.8 Å². The molecule has 9 heteroatoms. The lowest BCUT2D eigenvalue weighted by Crippen LogP contribution is -2.47. The van der Waals surface area contributed by atoms with Crippen molar-refractivity contribution in [2.75, 3.05) is 34.4 Å². The van der Waals surface area contributed by atoms with Gasteiger partial charge in [0.05, 0.1) is 14.2 Å². The molecule has 1 unspecified atom stereocenters. The molecule has 1 aromatic rings. The van der Waals surface area contributed by atoms with E-state index in [1.54, 1.807) is 7.05 Å². The van der Waals surface area contributed by atoms with Crippen molar-refractivity contribution in [3.05, 3.63) is 17.9 Å². The van der Waals surface area contributed by atoms with Gasteiger partial charge in [-0.15, -0.1) is 12.4 Å². The molecule has 1 atom stereocenters. The Kier molecular flexibility index (Phi) is 7.06. The van der Waals surface area contributed by atoms with E-state index in [-0.39, 0.29) is 34.8 Å². The smallest absolute Gasteiger partial charge is 0.246 e. The molecule has 1 aromatic carbocycles. The van der Waals surface area contributed by atoms with E-state index in [0.717, 1.165) is 18.9 Å². The van der Waals surface area contributed by atoms with Gasteiger partial charge in [0.2, 0.25) is 10.0 Å². The number of methoxy groups -OCH3 is 2. The number of rotatable bonds is 5. The van der Waals surface area contributed by atoms with Gasteiger partial charge < -0.3 is 14.8 Å². The number of ether oxygens (including phenoxy) is 2. The fourth-order valence-corrected chi connectivity index (χ4v) is 4.15. The van der Waals surface area contributed by atoms with Crippen LogP contribution in [0.5, 0.6) is 11.5 Å². The van der Waals surface area contributed by atoms with Gasteiger partial charge in [-0.05, 0) is 19.9 Å². The van der Waals surface area contributed by atoms with Crippen LogP contribution in [0.1, 0.15) is 12.8 Å². The number of sulfonamides is 1. The fraction of sp³-hybridized carbons (Fsp3) is 0.571. The van der Waals surface area contributed by atoms with Crippen molar-refractivity contribution in [1.82, 2.24) is 9.62 Å². The predicted molar refractivity (Wildman–Crippen MR) is 87.6 cm³/mol. The molecule has 0 spiro atoms. The number of nitrogens with zero attached hydrogens (tertiary/aromatic N) is 1. The molecule has 0 aliphatic carbocycles. The summed E-state index contributed by atoms with van der Waals surface area (Å²) in [5.41, 5.74) is 0. The maximum absolute atomic E-state index is 14.2. The minimum absolute atomic E-state index is 0. The Morgan fingerprint density at radius 1 is 1.26 bits per heavy atom. The first-order valence-corrected chi connectivity index (χ1v) is 8.47. The standard InChI is InChI=1S/C14H21FN2O4S.ClH/c1-16-10-5-4-6-17(9-10)22(18,19)14-8-13(21-3)12(20-2)7-11(14)15;/h7-8,10,16H,4-6,9H2,1-3H3;1H. The van der Waals surface area contributed by atoms with Crippen LogP contribution in [0.2, 0.25) is 0 Å². The summed E-state index contributed by atoms with van der Waals surface area (Å²) < 4.78 is 51.0. The van der Waals surface area contributed by atoms with Crippen molar-refractivity contribution in [3.8, 4) is 11.5 Å². The zero-order valence-corrected chi connectivity index (χ0v) is 15.0. The van der Waals surface area contributed by atoms with Crippen LogP contribution in [-0.4, -0.2) is 53.1 Å². The van der Waals surface area contributed by atoms with Crippen LogP contribution in [0.15, 0.2) is 17.0 Å². The molecular weight excluding hydrogens is 347 g/mol. The second-order valence-electron chi connectivity index (χ2n) is 5.13. The van der Waals surface area contributed by atoms with E-state index in [1.165, 1.54) is 24.6 Å². The van der Waals surface area contributed by atoms with E-state index in [1.807, 2.05) is 0 Å². The molecule has 132 valence electrons. The van der Waals surface area contributed by atoms with Crippen LogP contribution in [-0.2, 0) is 10.0 Å². The fourth-order valence-electron chi connectivity index (χ4n) is 2.57. The quantitative estimate of drug-likeness (QED) is 0.855. The highest BCUT2D eigenvalue weighted by atomic mass is 35.5. The van der Waals surface area contributed by atoms with Crippen molar-refractivity contribution in [2.45, 2.75) is 23.8 Å². The van der Waals surface area contributed by atoms with Crippen molar-refractivity contribution in [1.29, 1.82) is 0 Å². The Morgan fingerprint density at radius 3 is 2.43 bits per heavy atom. The number of piperidine rings is 1. The predicted octanol–water partition coefficient (Wildman–Crippen LogP) is 1.64. The number of benzene rings is 1. The average Bonchev–Trinajstić information content (AvgIpc) is 2.54. The third-order valence-corrected chi connectivity index (χ3v) is 5.73. The topological polar surface area (TPSA) is 67.9 Å². The van der Waals surface area contributed by atoms with E-state index in [0.29, 0.717) is 13.1 Å². The molecule has 1 saturated heterocycles. The number of halogens is 2. The van der Waals surface area contributed by atoms with Gasteiger partial charge in [-0.25, -0.2) is 12.8 Å². The SMILES string of the molecule is CNC1CCCN(S(=O)(=O)c2cc(OC)c(OC)cc2F)C1.Cl. The van der Waals surface area contributed by atoms with Gasteiger partial charge in [0.15, 0.2) is 11.5 Å². The van der Waals surface area contributed by atoms with E-state index in [2.05, 4.69) is 5.32 Å². The second kappa shape index (κ2) is 8.14. The van der Waals surface area contributed by atoms with Gasteiger partial charge in [0, 0.05) is 31.3 Å². The maximum Gasteiger partial charge on any atom is 0.246 e. The first-order valence-electron chi connectivity index (χ1n) is 7.03.